The molecule has 0 aromatic heterocycles. The summed E-state index contributed by atoms with van der Waals surface area (Å²) in [6.07, 6.45) is 13.2. The molecule has 0 amide bonds. The second kappa shape index (κ2) is 13.9. The predicted octanol–water partition coefficient (Wildman–Crippen LogP) is 7.83. The van der Waals surface area contributed by atoms with Crippen LogP contribution in [0.4, 0.5) is 0 Å². The van der Waals surface area contributed by atoms with Crippen molar-refractivity contribution in [2.75, 3.05) is 13.2 Å². The Bertz CT molecular complexity index is 640. The lowest BCUT2D eigenvalue weighted by molar-refractivity contribution is 0.343. The van der Waals surface area contributed by atoms with Gasteiger partial charge in [-0.3, -0.25) is 0 Å². The van der Waals surface area contributed by atoms with E-state index in [1.54, 1.807) is 0 Å². The Morgan fingerprint density at radius 2 is 1.11 bits per heavy atom. The molecule has 0 saturated heterocycles. The molecule has 0 unspecified atom stereocenters. The van der Waals surface area contributed by atoms with Crippen molar-refractivity contribution in [2.24, 2.45) is 0 Å². The van der Waals surface area contributed by atoms with Gasteiger partial charge < -0.3 is 9.47 Å². The Kier molecular flexibility index (Phi) is 11.8. The molecule has 0 fully saturated rings. The zero-order valence-electron chi connectivity index (χ0n) is 18.7. The first-order valence-corrected chi connectivity index (χ1v) is 10.3. The van der Waals surface area contributed by atoms with Crippen LogP contribution in [0, 0.1) is 0 Å². The van der Waals surface area contributed by atoms with Gasteiger partial charge >= 0.3 is 0 Å². The van der Waals surface area contributed by atoms with Crippen molar-refractivity contribution in [1.82, 2.24) is 0 Å². The van der Waals surface area contributed by atoms with Crippen molar-refractivity contribution in [1.29, 1.82) is 0 Å². The van der Waals surface area contributed by atoms with Crippen LogP contribution in [0.15, 0.2) is 70.9 Å². The molecular weight excluding hydrogens is 344 g/mol. The lowest BCUT2D eigenvalue weighted by atomic mass is 10.1. The van der Waals surface area contributed by atoms with E-state index in [0.717, 1.165) is 37.2 Å². The Morgan fingerprint density at radius 1 is 0.679 bits per heavy atom. The van der Waals surface area contributed by atoms with Crippen LogP contribution in [0.5, 0.6) is 11.5 Å². The summed E-state index contributed by atoms with van der Waals surface area (Å²) in [7, 11) is 0. The SMILES string of the molecule is CC(C)=CCC/C(C)=C/COc1cccc(OC/C=C(\C)CCC=C(C)C)c1. The molecule has 0 N–H and O–H groups in total. The van der Waals surface area contributed by atoms with Crippen molar-refractivity contribution in [3.05, 3.63) is 70.9 Å². The molecule has 2 heteroatoms. The number of hydrogen-bond donors (Lipinski definition) is 0. The molecule has 154 valence electrons. The molecule has 1 rings (SSSR count). The minimum absolute atomic E-state index is 0.591. The van der Waals surface area contributed by atoms with Crippen LogP contribution in [-0.2, 0) is 0 Å². The highest BCUT2D eigenvalue weighted by molar-refractivity contribution is 5.33. The van der Waals surface area contributed by atoms with Crippen LogP contribution >= 0.6 is 0 Å². The summed E-state index contributed by atoms with van der Waals surface area (Å²) in [6, 6.07) is 7.87. The van der Waals surface area contributed by atoms with E-state index in [2.05, 4.69) is 65.8 Å². The van der Waals surface area contributed by atoms with Gasteiger partial charge in [-0.05, 0) is 91.5 Å². The quantitative estimate of drug-likeness (QED) is 0.343. The Morgan fingerprint density at radius 3 is 1.50 bits per heavy atom. The number of rotatable bonds is 12. The predicted molar refractivity (Wildman–Crippen MR) is 122 cm³/mol. The second-order valence-electron chi connectivity index (χ2n) is 7.84. The maximum absolute atomic E-state index is 5.85. The Balaban J connectivity index is 2.41. The van der Waals surface area contributed by atoms with Gasteiger partial charge in [-0.15, -0.1) is 0 Å². The van der Waals surface area contributed by atoms with E-state index in [9.17, 15) is 0 Å². The van der Waals surface area contributed by atoms with E-state index in [1.807, 2.05) is 24.3 Å². The van der Waals surface area contributed by atoms with Crippen LogP contribution in [-0.4, -0.2) is 13.2 Å². The van der Waals surface area contributed by atoms with Gasteiger partial charge in [-0.2, -0.15) is 0 Å². The molecule has 0 spiro atoms. The van der Waals surface area contributed by atoms with Gasteiger partial charge in [0.1, 0.15) is 24.7 Å². The highest BCUT2D eigenvalue weighted by Gasteiger charge is 1.98. The third-order valence-corrected chi connectivity index (χ3v) is 4.35. The molecule has 0 heterocycles. The average molecular weight is 383 g/mol. The molecule has 0 aliphatic rings. The van der Waals surface area contributed by atoms with Crippen LogP contribution < -0.4 is 9.47 Å². The van der Waals surface area contributed by atoms with Crippen molar-refractivity contribution in [3.63, 3.8) is 0 Å². The fraction of sp³-hybridized carbons (Fsp3) is 0.462. The van der Waals surface area contributed by atoms with E-state index in [-0.39, 0.29) is 0 Å². The third kappa shape index (κ3) is 12.2. The van der Waals surface area contributed by atoms with E-state index in [1.165, 1.54) is 22.3 Å². The largest absolute Gasteiger partial charge is 0.489 e. The number of allylic oxidation sites excluding steroid dienone is 6. The lowest BCUT2D eigenvalue weighted by Crippen LogP contribution is -1.97. The summed E-state index contributed by atoms with van der Waals surface area (Å²) < 4.78 is 11.7. The molecule has 0 radical (unpaired) electrons. The number of benzene rings is 1. The lowest BCUT2D eigenvalue weighted by Gasteiger charge is -2.08. The van der Waals surface area contributed by atoms with Crippen LogP contribution in [0.25, 0.3) is 0 Å². The van der Waals surface area contributed by atoms with Crippen molar-refractivity contribution in [2.45, 2.75) is 67.2 Å². The Labute approximate surface area is 172 Å². The maximum Gasteiger partial charge on any atom is 0.123 e. The van der Waals surface area contributed by atoms with Gasteiger partial charge in [-0.25, -0.2) is 0 Å². The highest BCUT2D eigenvalue weighted by Crippen LogP contribution is 2.20. The monoisotopic (exact) mass is 382 g/mol. The Hall–Kier alpha value is -2.22. The first-order chi connectivity index (χ1) is 13.4. The minimum atomic E-state index is 0.591. The van der Waals surface area contributed by atoms with Crippen molar-refractivity contribution in [3.8, 4) is 11.5 Å². The summed E-state index contributed by atoms with van der Waals surface area (Å²) in [5.41, 5.74) is 5.47. The molecule has 1 aromatic carbocycles. The van der Waals surface area contributed by atoms with E-state index < -0.39 is 0 Å². The van der Waals surface area contributed by atoms with Gasteiger partial charge in [0.05, 0.1) is 0 Å². The van der Waals surface area contributed by atoms with Crippen LogP contribution in [0.2, 0.25) is 0 Å². The zero-order chi connectivity index (χ0) is 20.8. The van der Waals surface area contributed by atoms with Gasteiger partial charge in [0.25, 0.3) is 0 Å². The summed E-state index contributed by atoms with van der Waals surface area (Å²) >= 11 is 0. The third-order valence-electron chi connectivity index (χ3n) is 4.35. The fourth-order valence-corrected chi connectivity index (χ4v) is 2.60. The molecule has 0 saturated carbocycles. The van der Waals surface area contributed by atoms with Gasteiger partial charge in [-0.1, -0.05) is 40.5 Å². The van der Waals surface area contributed by atoms with E-state index >= 15 is 0 Å². The topological polar surface area (TPSA) is 18.5 Å². The molecule has 0 atom stereocenters. The van der Waals surface area contributed by atoms with E-state index in [0.29, 0.717) is 13.2 Å². The van der Waals surface area contributed by atoms with E-state index in [4.69, 9.17) is 9.47 Å². The molecule has 0 bridgehead atoms. The van der Waals surface area contributed by atoms with Gasteiger partial charge in [0.15, 0.2) is 0 Å². The molecule has 28 heavy (non-hydrogen) atoms. The number of hydrogen-bond acceptors (Lipinski definition) is 2. The van der Waals surface area contributed by atoms with Crippen LogP contribution in [0.3, 0.4) is 0 Å². The summed E-state index contributed by atoms with van der Waals surface area (Å²) in [5.74, 6) is 1.69. The molecular formula is C26H38O2. The van der Waals surface area contributed by atoms with Crippen LogP contribution in [0.1, 0.15) is 67.2 Å². The first-order valence-electron chi connectivity index (χ1n) is 10.3. The molecule has 2 nitrogen and oxygen atoms in total. The summed E-state index contributed by atoms with van der Waals surface area (Å²) in [5, 5.41) is 0. The summed E-state index contributed by atoms with van der Waals surface area (Å²) in [6.45, 7) is 14.1. The standard InChI is InChI=1S/C26H38O2/c1-21(2)10-7-12-23(5)16-18-27-25-14-9-15-26(20-25)28-19-17-24(6)13-8-11-22(3)4/h9-11,14-17,20H,7-8,12-13,18-19H2,1-6H3/b23-16+,24-17+. The molecule has 0 aliphatic carbocycles. The molecule has 0 aliphatic heterocycles. The second-order valence-corrected chi connectivity index (χ2v) is 7.84. The smallest absolute Gasteiger partial charge is 0.123 e. The normalized spacial score (nSPS) is 11.8. The van der Waals surface area contributed by atoms with Crippen molar-refractivity contribution >= 4 is 0 Å². The molecule has 1 aromatic rings. The summed E-state index contributed by atoms with van der Waals surface area (Å²) in [4.78, 5) is 0. The first kappa shape index (κ1) is 23.8. The van der Waals surface area contributed by atoms with Gasteiger partial charge in [0.2, 0.25) is 0 Å². The van der Waals surface area contributed by atoms with Crippen molar-refractivity contribution < 1.29 is 9.47 Å². The minimum Gasteiger partial charge on any atom is -0.489 e. The average Bonchev–Trinajstić information content (AvgIpc) is 2.61. The maximum atomic E-state index is 5.85. The van der Waals surface area contributed by atoms with Gasteiger partial charge in [0, 0.05) is 6.07 Å². The highest BCUT2D eigenvalue weighted by atomic mass is 16.5. The number of ether oxygens (including phenoxy) is 2. The zero-order valence-corrected chi connectivity index (χ0v) is 18.7. The fourth-order valence-electron chi connectivity index (χ4n) is 2.60.